The van der Waals surface area contributed by atoms with Crippen LogP contribution in [-0.2, 0) is 13.0 Å². The van der Waals surface area contributed by atoms with Gasteiger partial charge >= 0.3 is 0 Å². The Morgan fingerprint density at radius 2 is 1.93 bits per heavy atom. The molecule has 1 N–H and O–H groups in total. The third-order valence-corrected chi connectivity index (χ3v) is 4.32. The van der Waals surface area contributed by atoms with E-state index in [0.717, 1.165) is 18.8 Å². The predicted octanol–water partition coefficient (Wildman–Crippen LogP) is 3.28. The molecule has 0 saturated carbocycles. The van der Waals surface area contributed by atoms with Gasteiger partial charge in [-0.25, -0.2) is 0 Å². The summed E-state index contributed by atoms with van der Waals surface area (Å²) in [5, 5.41) is 11.4. The Morgan fingerprint density at radius 3 is 2.67 bits per heavy atom. The van der Waals surface area contributed by atoms with Gasteiger partial charge in [0, 0.05) is 24.8 Å². The van der Waals surface area contributed by atoms with E-state index in [1.54, 1.807) is 18.3 Å². The summed E-state index contributed by atoms with van der Waals surface area (Å²) in [5.41, 5.74) is 2.49. The summed E-state index contributed by atoms with van der Waals surface area (Å²) >= 11 is 0. The van der Waals surface area contributed by atoms with Crippen LogP contribution in [0.15, 0.2) is 48.7 Å². The van der Waals surface area contributed by atoms with Crippen molar-refractivity contribution in [1.82, 2.24) is 25.1 Å². The van der Waals surface area contributed by atoms with Crippen LogP contribution < -0.4 is 5.32 Å². The molecule has 0 fully saturated rings. The van der Waals surface area contributed by atoms with E-state index in [1.165, 1.54) is 5.56 Å². The average Bonchev–Trinajstić information content (AvgIpc) is 3.06. The third-order valence-electron chi connectivity index (χ3n) is 4.32. The van der Waals surface area contributed by atoms with E-state index in [0.29, 0.717) is 29.5 Å². The number of carbonyl (C=O) groups excluding carboxylic acids is 1. The topological polar surface area (TPSA) is 72.7 Å². The number of nitrogens with zero attached hydrogens (tertiary/aromatic N) is 4. The van der Waals surface area contributed by atoms with Crippen molar-refractivity contribution in [2.45, 2.75) is 33.7 Å². The fourth-order valence-electron chi connectivity index (χ4n) is 2.82. The van der Waals surface area contributed by atoms with E-state index in [4.69, 9.17) is 0 Å². The van der Waals surface area contributed by atoms with Crippen LogP contribution >= 0.6 is 0 Å². The second kappa shape index (κ2) is 8.58. The van der Waals surface area contributed by atoms with Crippen LogP contribution in [0, 0.1) is 12.8 Å². The number of carbonyl (C=O) groups is 1. The van der Waals surface area contributed by atoms with Crippen molar-refractivity contribution >= 4 is 5.91 Å². The zero-order valence-electron chi connectivity index (χ0n) is 16.0. The van der Waals surface area contributed by atoms with Crippen molar-refractivity contribution in [2.24, 2.45) is 5.92 Å². The summed E-state index contributed by atoms with van der Waals surface area (Å²) in [5.74, 6) is 1.82. The fraction of sp³-hybridized carbons (Fsp3) is 0.333. The molecule has 0 spiro atoms. The molecule has 0 aliphatic carbocycles. The number of hydrogen-bond donors (Lipinski definition) is 1. The first kappa shape index (κ1) is 18.8. The Morgan fingerprint density at radius 1 is 1.15 bits per heavy atom. The van der Waals surface area contributed by atoms with Gasteiger partial charge in [-0.3, -0.25) is 9.78 Å². The summed E-state index contributed by atoms with van der Waals surface area (Å²) < 4.78 is 2.05. The summed E-state index contributed by atoms with van der Waals surface area (Å²) in [6.07, 6.45) is 2.52. The van der Waals surface area contributed by atoms with Crippen molar-refractivity contribution in [3.05, 3.63) is 65.6 Å². The lowest BCUT2D eigenvalue weighted by Crippen LogP contribution is -2.27. The van der Waals surface area contributed by atoms with Crippen LogP contribution in [0.1, 0.15) is 35.6 Å². The first-order valence-electron chi connectivity index (χ1n) is 9.23. The number of nitrogens with one attached hydrogen (secondary N) is 1. The third kappa shape index (κ3) is 4.78. The Kier molecular flexibility index (Phi) is 5.96. The Hall–Kier alpha value is -3.02. The molecule has 0 unspecified atom stereocenters. The quantitative estimate of drug-likeness (QED) is 0.699. The molecule has 2 aromatic heterocycles. The molecule has 1 amide bonds. The van der Waals surface area contributed by atoms with Gasteiger partial charge in [0.25, 0.3) is 5.91 Å². The largest absolute Gasteiger partial charge is 0.352 e. The number of benzene rings is 1. The van der Waals surface area contributed by atoms with Gasteiger partial charge in [0.05, 0.1) is 0 Å². The lowest BCUT2D eigenvalue weighted by molar-refractivity contribution is 0.0949. The van der Waals surface area contributed by atoms with Crippen molar-refractivity contribution < 1.29 is 4.79 Å². The molecule has 0 saturated heterocycles. The van der Waals surface area contributed by atoms with Gasteiger partial charge in [-0.15, -0.1) is 10.2 Å². The molecule has 0 atom stereocenters. The Balaban J connectivity index is 1.80. The molecule has 6 heteroatoms. The smallest absolute Gasteiger partial charge is 0.251 e. The average molecular weight is 363 g/mol. The lowest BCUT2D eigenvalue weighted by Gasteiger charge is -2.10. The van der Waals surface area contributed by atoms with E-state index in [1.807, 2.05) is 29.7 Å². The molecule has 1 aromatic carbocycles. The molecule has 3 aromatic rings. The maximum atomic E-state index is 12.4. The summed E-state index contributed by atoms with van der Waals surface area (Å²) in [6.45, 7) is 7.46. The second-order valence-electron chi connectivity index (χ2n) is 6.99. The van der Waals surface area contributed by atoms with Crippen LogP contribution in [0.4, 0.5) is 0 Å². The highest BCUT2D eigenvalue weighted by atomic mass is 16.1. The maximum absolute atomic E-state index is 12.4. The van der Waals surface area contributed by atoms with Crippen LogP contribution in [0.25, 0.3) is 11.5 Å². The van der Waals surface area contributed by atoms with Crippen LogP contribution in [-0.4, -0.2) is 32.2 Å². The van der Waals surface area contributed by atoms with Gasteiger partial charge in [-0.2, -0.15) is 0 Å². The van der Waals surface area contributed by atoms with Crippen molar-refractivity contribution in [1.29, 1.82) is 0 Å². The van der Waals surface area contributed by atoms with E-state index < -0.39 is 0 Å². The number of aromatic nitrogens is 4. The maximum Gasteiger partial charge on any atom is 0.251 e. The van der Waals surface area contributed by atoms with Gasteiger partial charge in [-0.1, -0.05) is 44.2 Å². The number of pyridine rings is 1. The molecule has 0 aliphatic heterocycles. The summed E-state index contributed by atoms with van der Waals surface area (Å²) in [4.78, 5) is 16.8. The monoisotopic (exact) mass is 363 g/mol. The SMILES string of the molecule is Cc1nnc(-c2cc(C(=O)NCC(C)C)ccn2)n1CCc1ccccc1. The summed E-state index contributed by atoms with van der Waals surface area (Å²) in [6, 6.07) is 13.8. The molecule has 0 bridgehead atoms. The van der Waals surface area contributed by atoms with Crippen LogP contribution in [0.5, 0.6) is 0 Å². The number of amides is 1. The summed E-state index contributed by atoms with van der Waals surface area (Å²) in [7, 11) is 0. The van der Waals surface area contributed by atoms with E-state index in [2.05, 4.69) is 46.5 Å². The number of aryl methyl sites for hydroxylation is 2. The zero-order valence-corrected chi connectivity index (χ0v) is 16.0. The molecule has 0 aliphatic rings. The molecule has 2 heterocycles. The van der Waals surface area contributed by atoms with E-state index in [9.17, 15) is 4.79 Å². The first-order valence-corrected chi connectivity index (χ1v) is 9.23. The zero-order chi connectivity index (χ0) is 19.2. The first-order chi connectivity index (χ1) is 13.0. The minimum atomic E-state index is -0.0978. The van der Waals surface area contributed by atoms with E-state index >= 15 is 0 Å². The normalized spacial score (nSPS) is 11.0. The number of hydrogen-bond acceptors (Lipinski definition) is 4. The van der Waals surface area contributed by atoms with Gasteiger partial charge in [0.15, 0.2) is 5.82 Å². The molecule has 140 valence electrons. The standard InChI is InChI=1S/C21H25N5O/c1-15(2)14-23-21(27)18-9-11-22-19(13-18)20-25-24-16(3)26(20)12-10-17-7-5-4-6-8-17/h4-9,11,13,15H,10,12,14H2,1-3H3,(H,23,27). The van der Waals surface area contributed by atoms with E-state index in [-0.39, 0.29) is 5.91 Å². The van der Waals surface area contributed by atoms with Crippen molar-refractivity contribution in [3.8, 4) is 11.5 Å². The highest BCUT2D eigenvalue weighted by Gasteiger charge is 2.15. The Bertz CT molecular complexity index is 902. The number of rotatable bonds is 7. The molecule has 3 rings (SSSR count). The highest BCUT2D eigenvalue weighted by molar-refractivity contribution is 5.94. The minimum absolute atomic E-state index is 0.0978. The van der Waals surface area contributed by atoms with Gasteiger partial charge in [0.2, 0.25) is 0 Å². The van der Waals surface area contributed by atoms with Crippen molar-refractivity contribution in [2.75, 3.05) is 6.54 Å². The van der Waals surface area contributed by atoms with Gasteiger partial charge in [0.1, 0.15) is 11.5 Å². The minimum Gasteiger partial charge on any atom is -0.352 e. The lowest BCUT2D eigenvalue weighted by atomic mass is 10.1. The van der Waals surface area contributed by atoms with Crippen LogP contribution in [0.2, 0.25) is 0 Å². The fourth-order valence-corrected chi connectivity index (χ4v) is 2.82. The van der Waals surface area contributed by atoms with Gasteiger partial charge < -0.3 is 9.88 Å². The molecular weight excluding hydrogens is 338 g/mol. The molecular formula is C21H25N5O. The predicted molar refractivity (Wildman–Crippen MR) is 105 cm³/mol. The second-order valence-corrected chi connectivity index (χ2v) is 6.99. The van der Waals surface area contributed by atoms with Gasteiger partial charge in [-0.05, 0) is 37.0 Å². The molecule has 0 radical (unpaired) electrons. The highest BCUT2D eigenvalue weighted by Crippen LogP contribution is 2.18. The molecule has 6 nitrogen and oxygen atoms in total. The van der Waals surface area contributed by atoms with Crippen LogP contribution in [0.3, 0.4) is 0 Å². The van der Waals surface area contributed by atoms with Crippen molar-refractivity contribution in [3.63, 3.8) is 0 Å². The Labute approximate surface area is 159 Å². The molecule has 27 heavy (non-hydrogen) atoms.